The van der Waals surface area contributed by atoms with Crippen LogP contribution in [0.15, 0.2) is 30.3 Å². The van der Waals surface area contributed by atoms with Crippen LogP contribution in [0.1, 0.15) is 19.4 Å². The van der Waals surface area contributed by atoms with E-state index in [0.29, 0.717) is 0 Å². The number of carbonyl (C=O) groups is 1. The van der Waals surface area contributed by atoms with Gasteiger partial charge in [0.2, 0.25) is 5.91 Å². The molecule has 0 aliphatic carbocycles. The topological polar surface area (TPSA) is 38.3 Å². The number of methoxy groups -OCH3 is 1. The first kappa shape index (κ1) is 11.3. The number of ether oxygens (including phenoxy) is 1. The molecule has 0 aliphatic heterocycles. The van der Waals surface area contributed by atoms with Gasteiger partial charge in [-0.3, -0.25) is 4.79 Å². The number of amides is 1. The molecule has 1 aromatic rings. The van der Waals surface area contributed by atoms with Crippen molar-refractivity contribution < 1.29 is 9.53 Å². The Morgan fingerprint density at radius 2 is 1.93 bits per heavy atom. The fourth-order valence-electron chi connectivity index (χ4n) is 1.27. The first-order valence-electron chi connectivity index (χ1n) is 4.75. The normalized spacial score (nSPS) is 11.0. The highest BCUT2D eigenvalue weighted by Gasteiger charge is 2.02. The van der Waals surface area contributed by atoms with E-state index in [1.54, 1.807) is 7.11 Å². The van der Waals surface area contributed by atoms with Crippen molar-refractivity contribution in [3.8, 4) is 5.75 Å². The first-order valence-corrected chi connectivity index (χ1v) is 4.75. The molecule has 3 nitrogen and oxygen atoms in total. The summed E-state index contributed by atoms with van der Waals surface area (Å²) in [6.07, 6.45) is 1.86. The van der Waals surface area contributed by atoms with Crippen molar-refractivity contribution in [1.29, 1.82) is 0 Å². The van der Waals surface area contributed by atoms with Crippen LogP contribution in [0.3, 0.4) is 0 Å². The van der Waals surface area contributed by atoms with Crippen molar-refractivity contribution in [2.24, 2.45) is 0 Å². The van der Waals surface area contributed by atoms with E-state index < -0.39 is 0 Å². The minimum Gasteiger partial charge on any atom is -0.497 e. The average Bonchev–Trinajstić information content (AvgIpc) is 2.26. The molecule has 15 heavy (non-hydrogen) atoms. The Hall–Kier alpha value is -1.77. The van der Waals surface area contributed by atoms with Gasteiger partial charge in [0, 0.05) is 12.6 Å². The second kappa shape index (κ2) is 5.20. The minimum absolute atomic E-state index is 0.0704. The summed E-state index contributed by atoms with van der Waals surface area (Å²) < 4.78 is 5.06. The Balaban J connectivity index is 2.89. The van der Waals surface area contributed by atoms with E-state index in [-0.39, 0.29) is 5.91 Å². The Morgan fingerprint density at radius 1 is 1.33 bits per heavy atom. The second-order valence-electron chi connectivity index (χ2n) is 3.11. The van der Waals surface area contributed by atoms with Gasteiger partial charge in [0.05, 0.1) is 7.11 Å². The molecule has 0 saturated heterocycles. The van der Waals surface area contributed by atoms with E-state index >= 15 is 0 Å². The Bertz CT molecular complexity index is 366. The maximum absolute atomic E-state index is 10.9. The summed E-state index contributed by atoms with van der Waals surface area (Å²) in [5.41, 5.74) is 1.78. The lowest BCUT2D eigenvalue weighted by molar-refractivity contribution is -0.117. The summed E-state index contributed by atoms with van der Waals surface area (Å²) in [7, 11) is 1.62. The molecule has 1 amide bonds. The van der Waals surface area contributed by atoms with E-state index in [4.69, 9.17) is 4.74 Å². The van der Waals surface area contributed by atoms with Gasteiger partial charge in [0.25, 0.3) is 0 Å². The number of allylic oxidation sites excluding steroid dienone is 1. The van der Waals surface area contributed by atoms with Gasteiger partial charge in [-0.05, 0) is 36.8 Å². The fourth-order valence-corrected chi connectivity index (χ4v) is 1.27. The van der Waals surface area contributed by atoms with Crippen LogP contribution in [0.5, 0.6) is 5.75 Å². The molecule has 0 atom stereocenters. The van der Waals surface area contributed by atoms with Gasteiger partial charge in [-0.15, -0.1) is 0 Å². The SMILES string of the molecule is C/C=C(/NC(C)=O)c1ccc(OC)cc1. The van der Waals surface area contributed by atoms with E-state index in [1.807, 2.05) is 37.3 Å². The monoisotopic (exact) mass is 205 g/mol. The summed E-state index contributed by atoms with van der Waals surface area (Å²) in [6, 6.07) is 7.54. The zero-order chi connectivity index (χ0) is 11.3. The highest BCUT2D eigenvalue weighted by Crippen LogP contribution is 2.16. The maximum Gasteiger partial charge on any atom is 0.221 e. The number of hydrogen-bond acceptors (Lipinski definition) is 2. The molecule has 1 N–H and O–H groups in total. The van der Waals surface area contributed by atoms with E-state index in [9.17, 15) is 4.79 Å². The maximum atomic E-state index is 10.9. The van der Waals surface area contributed by atoms with Crippen LogP contribution in [-0.2, 0) is 4.79 Å². The quantitative estimate of drug-likeness (QED) is 0.821. The van der Waals surface area contributed by atoms with Crippen molar-refractivity contribution in [2.45, 2.75) is 13.8 Å². The van der Waals surface area contributed by atoms with Gasteiger partial charge in [0.15, 0.2) is 0 Å². The molecule has 0 bridgehead atoms. The molecule has 3 heteroatoms. The fraction of sp³-hybridized carbons (Fsp3) is 0.250. The predicted octanol–water partition coefficient (Wildman–Crippen LogP) is 2.19. The van der Waals surface area contributed by atoms with Crippen LogP contribution < -0.4 is 10.1 Å². The van der Waals surface area contributed by atoms with E-state index in [2.05, 4.69) is 5.32 Å². The Morgan fingerprint density at radius 3 is 2.33 bits per heavy atom. The number of benzene rings is 1. The first-order chi connectivity index (χ1) is 7.17. The van der Waals surface area contributed by atoms with Gasteiger partial charge >= 0.3 is 0 Å². The van der Waals surface area contributed by atoms with Gasteiger partial charge in [-0.25, -0.2) is 0 Å². The van der Waals surface area contributed by atoms with Crippen LogP contribution in [0.2, 0.25) is 0 Å². The zero-order valence-corrected chi connectivity index (χ0v) is 9.20. The lowest BCUT2D eigenvalue weighted by Gasteiger charge is -2.08. The molecular weight excluding hydrogens is 190 g/mol. The molecule has 1 rings (SSSR count). The number of carbonyl (C=O) groups excluding carboxylic acids is 1. The van der Waals surface area contributed by atoms with Gasteiger partial charge in [-0.2, -0.15) is 0 Å². The highest BCUT2D eigenvalue weighted by molar-refractivity contribution is 5.84. The summed E-state index contributed by atoms with van der Waals surface area (Å²) in [5, 5.41) is 2.76. The third kappa shape index (κ3) is 3.13. The largest absolute Gasteiger partial charge is 0.497 e. The number of hydrogen-bond donors (Lipinski definition) is 1. The summed E-state index contributed by atoms with van der Waals surface area (Å²) in [6.45, 7) is 3.38. The standard InChI is InChI=1S/C12H15NO2/c1-4-12(13-9(2)14)10-5-7-11(15-3)8-6-10/h4-8H,1-3H3,(H,13,14)/b12-4+. The predicted molar refractivity (Wildman–Crippen MR) is 60.5 cm³/mol. The van der Waals surface area contributed by atoms with Crippen molar-refractivity contribution in [2.75, 3.05) is 7.11 Å². The van der Waals surface area contributed by atoms with Crippen LogP contribution in [0, 0.1) is 0 Å². The molecule has 0 saturated carbocycles. The van der Waals surface area contributed by atoms with Crippen molar-refractivity contribution in [3.63, 3.8) is 0 Å². The molecule has 0 aliphatic rings. The lowest BCUT2D eigenvalue weighted by Crippen LogP contribution is -2.17. The van der Waals surface area contributed by atoms with Gasteiger partial charge < -0.3 is 10.1 Å². The molecule has 0 heterocycles. The molecule has 0 spiro atoms. The summed E-state index contributed by atoms with van der Waals surface area (Å²) in [4.78, 5) is 10.9. The minimum atomic E-state index is -0.0704. The van der Waals surface area contributed by atoms with E-state index in [0.717, 1.165) is 17.0 Å². The molecule has 0 aromatic heterocycles. The summed E-state index contributed by atoms with van der Waals surface area (Å²) in [5.74, 6) is 0.732. The van der Waals surface area contributed by atoms with Crippen LogP contribution in [-0.4, -0.2) is 13.0 Å². The van der Waals surface area contributed by atoms with Crippen molar-refractivity contribution >= 4 is 11.6 Å². The molecule has 0 fully saturated rings. The van der Waals surface area contributed by atoms with Crippen LogP contribution >= 0.6 is 0 Å². The third-order valence-electron chi connectivity index (χ3n) is 2.00. The van der Waals surface area contributed by atoms with Crippen molar-refractivity contribution in [3.05, 3.63) is 35.9 Å². The molecule has 0 unspecified atom stereocenters. The van der Waals surface area contributed by atoms with Crippen LogP contribution in [0.25, 0.3) is 5.70 Å². The van der Waals surface area contributed by atoms with Gasteiger partial charge in [0.1, 0.15) is 5.75 Å². The smallest absolute Gasteiger partial charge is 0.221 e. The number of rotatable bonds is 3. The Kier molecular flexibility index (Phi) is 3.92. The zero-order valence-electron chi connectivity index (χ0n) is 9.20. The summed E-state index contributed by atoms with van der Waals surface area (Å²) >= 11 is 0. The highest BCUT2D eigenvalue weighted by atomic mass is 16.5. The average molecular weight is 205 g/mol. The molecule has 0 radical (unpaired) electrons. The second-order valence-corrected chi connectivity index (χ2v) is 3.11. The molecule has 80 valence electrons. The van der Waals surface area contributed by atoms with Crippen molar-refractivity contribution in [1.82, 2.24) is 5.32 Å². The Labute approximate surface area is 89.8 Å². The molecule has 1 aromatic carbocycles. The molecular formula is C12H15NO2. The third-order valence-corrected chi connectivity index (χ3v) is 2.00. The number of nitrogens with one attached hydrogen (secondary N) is 1. The van der Waals surface area contributed by atoms with Gasteiger partial charge in [-0.1, -0.05) is 6.08 Å². The lowest BCUT2D eigenvalue weighted by atomic mass is 10.1. The van der Waals surface area contributed by atoms with E-state index in [1.165, 1.54) is 6.92 Å². The van der Waals surface area contributed by atoms with Crippen LogP contribution in [0.4, 0.5) is 0 Å².